The zero-order valence-corrected chi connectivity index (χ0v) is 10.0. The lowest BCUT2D eigenvalue weighted by Crippen LogP contribution is -2.16. The minimum absolute atomic E-state index is 0.477. The van der Waals surface area contributed by atoms with Crippen LogP contribution in [0, 0.1) is 5.92 Å². The second-order valence-corrected chi connectivity index (χ2v) is 5.12. The molecular formula is C13H18N4. The van der Waals surface area contributed by atoms with E-state index < -0.39 is 0 Å². The summed E-state index contributed by atoms with van der Waals surface area (Å²) in [6.45, 7) is 2.22. The lowest BCUT2D eigenvalue weighted by atomic mass is 10.1. The number of fused-ring (bicyclic) bond motifs is 1. The Hall–Kier alpha value is -1.71. The normalized spacial score (nSPS) is 17.2. The summed E-state index contributed by atoms with van der Waals surface area (Å²) in [5.41, 5.74) is 8.87. The monoisotopic (exact) mass is 230 g/mol. The predicted molar refractivity (Wildman–Crippen MR) is 70.9 cm³/mol. The number of hydrogen-bond donors (Lipinski definition) is 3. The summed E-state index contributed by atoms with van der Waals surface area (Å²) in [5, 5.41) is 11.5. The minimum Gasteiger partial charge on any atom is -0.397 e. The van der Waals surface area contributed by atoms with E-state index in [0.717, 1.165) is 28.2 Å². The molecule has 2 aromatic rings. The highest BCUT2D eigenvalue weighted by atomic mass is 15.1. The topological polar surface area (TPSA) is 66.7 Å². The van der Waals surface area contributed by atoms with Crippen LogP contribution in [0.2, 0.25) is 0 Å². The highest BCUT2D eigenvalue weighted by Crippen LogP contribution is 2.34. The Morgan fingerprint density at radius 3 is 3.12 bits per heavy atom. The molecule has 1 unspecified atom stereocenters. The third-order valence-electron chi connectivity index (χ3n) is 3.40. The number of nitrogens with one attached hydrogen (secondary N) is 2. The second-order valence-electron chi connectivity index (χ2n) is 5.12. The number of nitrogen functional groups attached to an aromatic ring is 1. The summed E-state index contributed by atoms with van der Waals surface area (Å²) in [6, 6.07) is 4.48. The van der Waals surface area contributed by atoms with Crippen LogP contribution in [0.25, 0.3) is 10.9 Å². The van der Waals surface area contributed by atoms with Gasteiger partial charge in [-0.15, -0.1) is 0 Å². The largest absolute Gasteiger partial charge is 0.397 e. The van der Waals surface area contributed by atoms with Gasteiger partial charge in [-0.05, 0) is 31.4 Å². The Morgan fingerprint density at radius 2 is 2.35 bits per heavy atom. The van der Waals surface area contributed by atoms with E-state index in [9.17, 15) is 0 Å². The molecule has 1 aromatic carbocycles. The summed E-state index contributed by atoms with van der Waals surface area (Å²) in [5.74, 6) is 0.926. The first kappa shape index (κ1) is 10.4. The van der Waals surface area contributed by atoms with E-state index in [1.54, 1.807) is 6.20 Å². The van der Waals surface area contributed by atoms with Gasteiger partial charge in [0.2, 0.25) is 0 Å². The van der Waals surface area contributed by atoms with E-state index in [-0.39, 0.29) is 0 Å². The predicted octanol–water partition coefficient (Wildman–Crippen LogP) is 2.75. The molecule has 3 rings (SSSR count). The van der Waals surface area contributed by atoms with E-state index in [2.05, 4.69) is 22.4 Å². The molecule has 1 heterocycles. The number of benzene rings is 1. The van der Waals surface area contributed by atoms with Crippen molar-refractivity contribution in [2.75, 3.05) is 11.1 Å². The number of nitrogens with two attached hydrogens (primary N) is 1. The van der Waals surface area contributed by atoms with Crippen molar-refractivity contribution in [2.24, 2.45) is 5.92 Å². The first-order valence-corrected chi connectivity index (χ1v) is 6.21. The van der Waals surface area contributed by atoms with Crippen LogP contribution in [-0.2, 0) is 0 Å². The van der Waals surface area contributed by atoms with Crippen molar-refractivity contribution < 1.29 is 0 Å². The maximum absolute atomic E-state index is 6.04. The van der Waals surface area contributed by atoms with Gasteiger partial charge in [0.15, 0.2) is 0 Å². The van der Waals surface area contributed by atoms with Crippen LogP contribution in [0.5, 0.6) is 0 Å². The maximum Gasteiger partial charge on any atom is 0.0672 e. The molecule has 0 spiro atoms. The summed E-state index contributed by atoms with van der Waals surface area (Å²) in [7, 11) is 0. The van der Waals surface area contributed by atoms with E-state index in [1.165, 1.54) is 19.3 Å². The summed E-state index contributed by atoms with van der Waals surface area (Å²) >= 11 is 0. The molecular weight excluding hydrogens is 212 g/mol. The van der Waals surface area contributed by atoms with E-state index in [0.29, 0.717) is 6.04 Å². The van der Waals surface area contributed by atoms with Gasteiger partial charge in [-0.3, -0.25) is 5.10 Å². The maximum atomic E-state index is 6.04. The Balaban J connectivity index is 1.80. The zero-order chi connectivity index (χ0) is 11.8. The Morgan fingerprint density at radius 1 is 1.53 bits per heavy atom. The quantitative estimate of drug-likeness (QED) is 0.707. The van der Waals surface area contributed by atoms with Crippen LogP contribution in [0.1, 0.15) is 26.2 Å². The average Bonchev–Trinajstić information content (AvgIpc) is 2.97. The van der Waals surface area contributed by atoms with Crippen LogP contribution in [-0.4, -0.2) is 16.2 Å². The standard InChI is InChI=1S/C13H18N4/c1-8(4-9-2-3-9)16-13-6-12-10(5-11(13)14)7-15-17-12/h5-9,16H,2-4,14H2,1H3,(H,15,17). The molecule has 0 aliphatic heterocycles. The summed E-state index contributed by atoms with van der Waals surface area (Å²) in [6.07, 6.45) is 5.81. The van der Waals surface area contributed by atoms with Gasteiger partial charge < -0.3 is 11.1 Å². The third kappa shape index (κ3) is 2.20. The number of rotatable bonds is 4. The highest BCUT2D eigenvalue weighted by Gasteiger charge is 2.23. The smallest absolute Gasteiger partial charge is 0.0672 e. The molecule has 4 nitrogen and oxygen atoms in total. The van der Waals surface area contributed by atoms with Gasteiger partial charge in [0.25, 0.3) is 0 Å². The van der Waals surface area contributed by atoms with Gasteiger partial charge in [-0.25, -0.2) is 0 Å². The molecule has 1 atom stereocenters. The summed E-state index contributed by atoms with van der Waals surface area (Å²) in [4.78, 5) is 0. The van der Waals surface area contributed by atoms with Gasteiger partial charge in [0.1, 0.15) is 0 Å². The molecule has 1 fully saturated rings. The van der Waals surface area contributed by atoms with Gasteiger partial charge >= 0.3 is 0 Å². The molecule has 0 saturated heterocycles. The van der Waals surface area contributed by atoms with E-state index in [4.69, 9.17) is 5.73 Å². The first-order valence-electron chi connectivity index (χ1n) is 6.21. The number of anilines is 2. The molecule has 0 bridgehead atoms. The second kappa shape index (κ2) is 3.95. The molecule has 1 aliphatic carbocycles. The zero-order valence-electron chi connectivity index (χ0n) is 10.0. The molecule has 0 amide bonds. The van der Waals surface area contributed by atoms with Gasteiger partial charge in [-0.2, -0.15) is 5.10 Å². The number of H-pyrrole nitrogens is 1. The highest BCUT2D eigenvalue weighted by molar-refractivity contribution is 5.88. The average molecular weight is 230 g/mol. The Bertz CT molecular complexity index is 527. The number of hydrogen-bond acceptors (Lipinski definition) is 3. The molecule has 1 aromatic heterocycles. The lowest BCUT2D eigenvalue weighted by Gasteiger charge is -2.16. The molecule has 1 saturated carbocycles. The van der Waals surface area contributed by atoms with Crippen molar-refractivity contribution in [1.82, 2.24) is 10.2 Å². The molecule has 0 radical (unpaired) electrons. The van der Waals surface area contributed by atoms with Crippen LogP contribution < -0.4 is 11.1 Å². The van der Waals surface area contributed by atoms with Crippen molar-refractivity contribution in [3.63, 3.8) is 0 Å². The number of aromatic amines is 1. The summed E-state index contributed by atoms with van der Waals surface area (Å²) < 4.78 is 0. The molecule has 4 N–H and O–H groups in total. The fourth-order valence-corrected chi connectivity index (χ4v) is 2.31. The SMILES string of the molecule is CC(CC1CC1)Nc1cc2[nH]ncc2cc1N. The van der Waals surface area contributed by atoms with Crippen molar-refractivity contribution in [2.45, 2.75) is 32.2 Å². The number of nitrogens with zero attached hydrogens (tertiary/aromatic N) is 1. The van der Waals surface area contributed by atoms with Crippen molar-refractivity contribution >= 4 is 22.3 Å². The Kier molecular flexibility index (Phi) is 2.42. The van der Waals surface area contributed by atoms with Gasteiger partial charge in [-0.1, -0.05) is 12.8 Å². The lowest BCUT2D eigenvalue weighted by molar-refractivity contribution is 0.642. The van der Waals surface area contributed by atoms with E-state index >= 15 is 0 Å². The van der Waals surface area contributed by atoms with Gasteiger partial charge in [0.05, 0.1) is 23.1 Å². The fourth-order valence-electron chi connectivity index (χ4n) is 2.31. The number of aromatic nitrogens is 2. The van der Waals surface area contributed by atoms with Crippen molar-refractivity contribution in [3.05, 3.63) is 18.3 Å². The third-order valence-corrected chi connectivity index (χ3v) is 3.40. The molecule has 17 heavy (non-hydrogen) atoms. The van der Waals surface area contributed by atoms with Crippen molar-refractivity contribution in [3.8, 4) is 0 Å². The van der Waals surface area contributed by atoms with Crippen molar-refractivity contribution in [1.29, 1.82) is 0 Å². The first-order chi connectivity index (χ1) is 8.22. The molecule has 90 valence electrons. The minimum atomic E-state index is 0.477. The Labute approximate surface area is 101 Å². The van der Waals surface area contributed by atoms with Crippen LogP contribution >= 0.6 is 0 Å². The van der Waals surface area contributed by atoms with Crippen LogP contribution in [0.4, 0.5) is 11.4 Å². The van der Waals surface area contributed by atoms with Gasteiger partial charge in [0, 0.05) is 11.4 Å². The molecule has 1 aliphatic rings. The van der Waals surface area contributed by atoms with Crippen LogP contribution in [0.15, 0.2) is 18.3 Å². The van der Waals surface area contributed by atoms with Crippen LogP contribution in [0.3, 0.4) is 0 Å². The molecule has 4 heteroatoms. The fraction of sp³-hybridized carbons (Fsp3) is 0.462. The van der Waals surface area contributed by atoms with E-state index in [1.807, 2.05) is 12.1 Å².